The van der Waals surface area contributed by atoms with Crippen molar-refractivity contribution in [2.24, 2.45) is 0 Å². The van der Waals surface area contributed by atoms with Crippen LogP contribution < -0.4 is 0 Å². The Kier molecular flexibility index (Phi) is 4.88. The molecular formula is C9H14ClN. The fraction of sp³-hybridized carbons (Fsp3) is 0.444. The molecule has 0 aliphatic heterocycles. The van der Waals surface area contributed by atoms with E-state index in [0.29, 0.717) is 5.15 Å². The summed E-state index contributed by atoms with van der Waals surface area (Å²) < 4.78 is 0. The highest BCUT2D eigenvalue weighted by molar-refractivity contribution is 6.30. The third-order valence-corrected chi connectivity index (χ3v) is 1.56. The minimum Gasteiger partial charge on any atom is -0.241 e. The predicted molar refractivity (Wildman–Crippen MR) is 50.1 cm³/mol. The van der Waals surface area contributed by atoms with E-state index in [-0.39, 0.29) is 0 Å². The summed E-state index contributed by atoms with van der Waals surface area (Å²) in [6.45, 7) is 7.86. The third kappa shape index (κ3) is 3.38. The van der Waals surface area contributed by atoms with Crippen molar-refractivity contribution >= 4 is 11.6 Å². The lowest BCUT2D eigenvalue weighted by atomic mass is 10.3. The molecule has 0 spiro atoms. The van der Waals surface area contributed by atoms with E-state index in [4.69, 9.17) is 11.6 Å². The van der Waals surface area contributed by atoms with Crippen LogP contribution in [0.1, 0.15) is 25.1 Å². The number of rotatable bonds is 0. The zero-order chi connectivity index (χ0) is 8.85. The molecule has 0 N–H and O–H groups in total. The Balaban J connectivity index is 0.000000461. The minimum absolute atomic E-state index is 0.606. The zero-order valence-electron chi connectivity index (χ0n) is 7.48. The minimum atomic E-state index is 0.606. The highest BCUT2D eigenvalue weighted by atomic mass is 35.5. The van der Waals surface area contributed by atoms with Crippen molar-refractivity contribution in [3.05, 3.63) is 28.5 Å². The second-order valence-corrected chi connectivity index (χ2v) is 2.42. The Morgan fingerprint density at radius 2 is 1.73 bits per heavy atom. The van der Waals surface area contributed by atoms with Crippen LogP contribution in [-0.2, 0) is 0 Å². The maximum absolute atomic E-state index is 5.70. The van der Waals surface area contributed by atoms with Gasteiger partial charge in [0.15, 0.2) is 0 Å². The van der Waals surface area contributed by atoms with Crippen molar-refractivity contribution in [3.8, 4) is 0 Å². The second-order valence-electron chi connectivity index (χ2n) is 2.06. The van der Waals surface area contributed by atoms with Gasteiger partial charge in [0.2, 0.25) is 0 Å². The van der Waals surface area contributed by atoms with Crippen LogP contribution in [0.2, 0.25) is 5.15 Å². The summed E-state index contributed by atoms with van der Waals surface area (Å²) in [7, 11) is 0. The predicted octanol–water partition coefficient (Wildman–Crippen LogP) is 3.38. The van der Waals surface area contributed by atoms with Crippen molar-refractivity contribution in [1.82, 2.24) is 4.98 Å². The SMILES string of the molecule is CC.Cc1ccc(C)c(Cl)n1. The summed E-state index contributed by atoms with van der Waals surface area (Å²) in [5.41, 5.74) is 1.99. The molecule has 11 heavy (non-hydrogen) atoms. The van der Waals surface area contributed by atoms with Crippen LogP contribution >= 0.6 is 11.6 Å². The molecule has 0 atom stereocenters. The summed E-state index contributed by atoms with van der Waals surface area (Å²) in [5, 5.41) is 0.606. The molecule has 62 valence electrons. The number of pyridine rings is 1. The van der Waals surface area contributed by atoms with E-state index < -0.39 is 0 Å². The number of hydrogen-bond donors (Lipinski definition) is 0. The molecule has 2 heteroatoms. The Morgan fingerprint density at radius 3 is 2.09 bits per heavy atom. The Bertz CT molecular complexity index is 221. The van der Waals surface area contributed by atoms with Crippen LogP contribution in [0.4, 0.5) is 0 Å². The molecule has 0 saturated heterocycles. The highest BCUT2D eigenvalue weighted by Crippen LogP contribution is 2.10. The largest absolute Gasteiger partial charge is 0.241 e. The monoisotopic (exact) mass is 171 g/mol. The van der Waals surface area contributed by atoms with E-state index in [9.17, 15) is 0 Å². The molecule has 0 fully saturated rings. The summed E-state index contributed by atoms with van der Waals surface area (Å²) in [6, 6.07) is 3.91. The lowest BCUT2D eigenvalue weighted by Crippen LogP contribution is -1.83. The van der Waals surface area contributed by atoms with Crippen molar-refractivity contribution in [1.29, 1.82) is 0 Å². The van der Waals surface area contributed by atoms with Crippen molar-refractivity contribution < 1.29 is 0 Å². The molecule has 1 aromatic rings. The molecule has 1 rings (SSSR count). The molecule has 0 bridgehead atoms. The van der Waals surface area contributed by atoms with E-state index >= 15 is 0 Å². The quantitative estimate of drug-likeness (QED) is 0.546. The van der Waals surface area contributed by atoms with Crippen LogP contribution in [-0.4, -0.2) is 4.98 Å². The second kappa shape index (κ2) is 5.14. The first kappa shape index (κ1) is 10.4. The van der Waals surface area contributed by atoms with Gasteiger partial charge >= 0.3 is 0 Å². The number of nitrogens with zero attached hydrogens (tertiary/aromatic N) is 1. The molecule has 0 amide bonds. The number of aromatic nitrogens is 1. The van der Waals surface area contributed by atoms with Crippen LogP contribution in [0.5, 0.6) is 0 Å². The first-order valence-electron chi connectivity index (χ1n) is 3.80. The Morgan fingerprint density at radius 1 is 1.18 bits per heavy atom. The maximum Gasteiger partial charge on any atom is 0.132 e. The van der Waals surface area contributed by atoms with E-state index in [0.717, 1.165) is 11.3 Å². The van der Waals surface area contributed by atoms with E-state index in [1.54, 1.807) is 0 Å². The fourth-order valence-electron chi connectivity index (χ4n) is 0.595. The molecule has 0 unspecified atom stereocenters. The van der Waals surface area contributed by atoms with Gasteiger partial charge in [-0.05, 0) is 25.5 Å². The molecule has 1 heterocycles. The smallest absolute Gasteiger partial charge is 0.132 e. The van der Waals surface area contributed by atoms with E-state index in [2.05, 4.69) is 4.98 Å². The first-order chi connectivity index (χ1) is 5.20. The van der Waals surface area contributed by atoms with Crippen molar-refractivity contribution in [3.63, 3.8) is 0 Å². The standard InChI is InChI=1S/C7H8ClN.C2H6/c1-5-3-4-6(2)9-7(5)8;1-2/h3-4H,1-2H3;1-2H3. The van der Waals surface area contributed by atoms with E-state index in [1.807, 2.05) is 39.8 Å². The topological polar surface area (TPSA) is 12.9 Å². The normalized spacial score (nSPS) is 8.45. The molecule has 0 aromatic carbocycles. The van der Waals surface area contributed by atoms with Crippen molar-refractivity contribution in [2.75, 3.05) is 0 Å². The summed E-state index contributed by atoms with van der Waals surface area (Å²) in [4.78, 5) is 4.04. The van der Waals surface area contributed by atoms with Gasteiger partial charge in [-0.3, -0.25) is 0 Å². The molecule has 1 nitrogen and oxygen atoms in total. The molecule has 0 radical (unpaired) electrons. The molecule has 0 saturated carbocycles. The zero-order valence-corrected chi connectivity index (χ0v) is 8.24. The fourth-order valence-corrected chi connectivity index (χ4v) is 0.791. The van der Waals surface area contributed by atoms with Gasteiger partial charge in [0.1, 0.15) is 5.15 Å². The maximum atomic E-state index is 5.70. The summed E-state index contributed by atoms with van der Waals surface area (Å²) in [6.07, 6.45) is 0. The first-order valence-corrected chi connectivity index (χ1v) is 4.17. The van der Waals surface area contributed by atoms with E-state index in [1.165, 1.54) is 0 Å². The number of aryl methyl sites for hydroxylation is 2. The van der Waals surface area contributed by atoms with Gasteiger partial charge in [-0.2, -0.15) is 0 Å². The van der Waals surface area contributed by atoms with Gasteiger partial charge in [-0.15, -0.1) is 0 Å². The van der Waals surface area contributed by atoms with Gasteiger partial charge in [-0.25, -0.2) is 4.98 Å². The van der Waals surface area contributed by atoms with Crippen LogP contribution in [0, 0.1) is 13.8 Å². The van der Waals surface area contributed by atoms with Crippen LogP contribution in [0.15, 0.2) is 12.1 Å². The summed E-state index contributed by atoms with van der Waals surface area (Å²) in [5.74, 6) is 0. The lowest BCUT2D eigenvalue weighted by molar-refractivity contribution is 1.17. The van der Waals surface area contributed by atoms with Crippen molar-refractivity contribution in [2.45, 2.75) is 27.7 Å². The number of hydrogen-bond acceptors (Lipinski definition) is 1. The average Bonchev–Trinajstić information content (AvgIpc) is 2.02. The van der Waals surface area contributed by atoms with Gasteiger partial charge < -0.3 is 0 Å². The summed E-state index contributed by atoms with van der Waals surface area (Å²) >= 11 is 5.70. The van der Waals surface area contributed by atoms with Gasteiger partial charge in [-0.1, -0.05) is 31.5 Å². The van der Waals surface area contributed by atoms with Gasteiger partial charge in [0, 0.05) is 5.69 Å². The van der Waals surface area contributed by atoms with Crippen LogP contribution in [0.25, 0.3) is 0 Å². The van der Waals surface area contributed by atoms with Crippen LogP contribution in [0.3, 0.4) is 0 Å². The molecule has 0 aliphatic carbocycles. The molecular weight excluding hydrogens is 158 g/mol. The number of halogens is 1. The van der Waals surface area contributed by atoms with Gasteiger partial charge in [0.05, 0.1) is 0 Å². The molecule has 0 aliphatic rings. The van der Waals surface area contributed by atoms with Gasteiger partial charge in [0.25, 0.3) is 0 Å². The Labute approximate surface area is 73.4 Å². The third-order valence-electron chi connectivity index (χ3n) is 1.17. The molecule has 1 aromatic heterocycles. The lowest BCUT2D eigenvalue weighted by Gasteiger charge is -1.95. The highest BCUT2D eigenvalue weighted by Gasteiger charge is 1.93. The average molecular weight is 172 g/mol. The Hall–Kier alpha value is -0.560.